The topological polar surface area (TPSA) is 76.9 Å². The summed E-state index contributed by atoms with van der Waals surface area (Å²) in [5, 5.41) is 18.8. The van der Waals surface area contributed by atoms with Gasteiger partial charge in [0.15, 0.2) is 0 Å². The molecular weight excluding hydrogens is 254 g/mol. The Morgan fingerprint density at radius 2 is 2.15 bits per heavy atom. The average Bonchev–Trinajstić information content (AvgIpc) is 2.88. The largest absolute Gasteiger partial charge is 0.321 e. The van der Waals surface area contributed by atoms with Gasteiger partial charge in [-0.2, -0.15) is 0 Å². The number of para-hydroxylation sites is 2. The van der Waals surface area contributed by atoms with E-state index in [0.29, 0.717) is 17.3 Å². The maximum atomic E-state index is 9.66. The third kappa shape index (κ3) is 2.36. The number of aromatic nitrogens is 2. The molecule has 1 aliphatic rings. The fourth-order valence-corrected chi connectivity index (χ4v) is 1.88. The van der Waals surface area contributed by atoms with Crippen LogP contribution in [0.1, 0.15) is 6.92 Å². The first-order chi connectivity index (χ1) is 9.74. The molecule has 3 rings (SSSR count). The fourth-order valence-electron chi connectivity index (χ4n) is 1.88. The Bertz CT molecular complexity index is 721. The van der Waals surface area contributed by atoms with Crippen LogP contribution in [0.25, 0.3) is 11.0 Å². The van der Waals surface area contributed by atoms with Crippen LogP contribution >= 0.6 is 0 Å². The van der Waals surface area contributed by atoms with Gasteiger partial charge in [0.05, 0.1) is 22.4 Å². The Morgan fingerprint density at radius 1 is 1.30 bits per heavy atom. The molecule has 0 fully saturated rings. The molecule has 0 atom stereocenters. The molecule has 2 N–H and O–H groups in total. The molecule has 0 bridgehead atoms. The Balaban J connectivity index is 1.88. The van der Waals surface area contributed by atoms with Gasteiger partial charge in [0.2, 0.25) is 5.95 Å². The van der Waals surface area contributed by atoms with Crippen molar-refractivity contribution in [2.24, 2.45) is 10.2 Å². The van der Waals surface area contributed by atoms with Crippen molar-refractivity contribution in [2.75, 3.05) is 0 Å². The Morgan fingerprint density at radius 3 is 2.95 bits per heavy atom. The van der Waals surface area contributed by atoms with Crippen molar-refractivity contribution in [1.29, 1.82) is 0 Å². The van der Waals surface area contributed by atoms with E-state index in [9.17, 15) is 5.21 Å². The van der Waals surface area contributed by atoms with E-state index in [0.717, 1.165) is 16.1 Å². The summed E-state index contributed by atoms with van der Waals surface area (Å²) in [6.45, 7) is 1.77. The number of hydrogen-bond acceptors (Lipinski definition) is 5. The standard InChI is InChI=1S/C14H13N5O/c1-10(13-8-4-5-9-19(13)20)17-18-14-15-11-6-2-3-7-12(11)16-14/h2-9,20H,1H3,(H,15,16)/b13-10+,18-17?. The van der Waals surface area contributed by atoms with Crippen molar-refractivity contribution in [3.8, 4) is 0 Å². The number of imidazole rings is 1. The van der Waals surface area contributed by atoms with Crippen LogP contribution in [0, 0.1) is 0 Å². The van der Waals surface area contributed by atoms with Gasteiger partial charge in [-0.3, -0.25) is 5.21 Å². The van der Waals surface area contributed by atoms with Crippen LogP contribution in [0.2, 0.25) is 0 Å². The molecule has 0 radical (unpaired) electrons. The van der Waals surface area contributed by atoms with Gasteiger partial charge < -0.3 is 4.98 Å². The lowest BCUT2D eigenvalue weighted by Crippen LogP contribution is -2.12. The van der Waals surface area contributed by atoms with Gasteiger partial charge in [-0.05, 0) is 31.2 Å². The lowest BCUT2D eigenvalue weighted by molar-refractivity contribution is -0.00149. The number of hydrogen-bond donors (Lipinski definition) is 2. The second-order valence-corrected chi connectivity index (χ2v) is 4.29. The zero-order valence-electron chi connectivity index (χ0n) is 10.9. The van der Waals surface area contributed by atoms with Crippen LogP contribution in [0.15, 0.2) is 70.3 Å². The highest BCUT2D eigenvalue weighted by Gasteiger charge is 2.07. The summed E-state index contributed by atoms with van der Waals surface area (Å²) in [6.07, 6.45) is 6.85. The first-order valence-corrected chi connectivity index (χ1v) is 6.14. The van der Waals surface area contributed by atoms with Crippen molar-refractivity contribution in [3.63, 3.8) is 0 Å². The molecule has 0 aliphatic carbocycles. The normalized spacial score (nSPS) is 17.4. The molecule has 0 amide bonds. The van der Waals surface area contributed by atoms with Crippen molar-refractivity contribution < 1.29 is 5.21 Å². The quantitative estimate of drug-likeness (QED) is 0.815. The first-order valence-electron chi connectivity index (χ1n) is 6.14. The van der Waals surface area contributed by atoms with E-state index in [2.05, 4.69) is 20.2 Å². The number of nitrogens with one attached hydrogen (secondary N) is 1. The molecular formula is C14H13N5O. The van der Waals surface area contributed by atoms with Gasteiger partial charge in [0.25, 0.3) is 0 Å². The summed E-state index contributed by atoms with van der Waals surface area (Å²) < 4.78 is 0. The number of aromatic amines is 1. The lowest BCUT2D eigenvalue weighted by Gasteiger charge is -2.16. The molecule has 1 aromatic heterocycles. The highest BCUT2D eigenvalue weighted by atomic mass is 16.5. The highest BCUT2D eigenvalue weighted by Crippen LogP contribution is 2.19. The van der Waals surface area contributed by atoms with Gasteiger partial charge in [-0.15, -0.1) is 10.2 Å². The zero-order chi connectivity index (χ0) is 13.9. The second kappa shape index (κ2) is 5.10. The second-order valence-electron chi connectivity index (χ2n) is 4.29. The van der Waals surface area contributed by atoms with Crippen LogP contribution in [0.4, 0.5) is 5.95 Å². The van der Waals surface area contributed by atoms with Crippen molar-refractivity contribution in [2.45, 2.75) is 6.92 Å². The van der Waals surface area contributed by atoms with Crippen LogP contribution in [0.5, 0.6) is 0 Å². The molecule has 0 unspecified atom stereocenters. The summed E-state index contributed by atoms with van der Waals surface area (Å²) in [6, 6.07) is 7.68. The number of allylic oxidation sites excluding steroid dienone is 4. The van der Waals surface area contributed by atoms with E-state index in [1.54, 1.807) is 19.1 Å². The molecule has 100 valence electrons. The minimum atomic E-state index is 0.436. The van der Waals surface area contributed by atoms with Crippen molar-refractivity contribution in [1.82, 2.24) is 15.0 Å². The van der Waals surface area contributed by atoms with E-state index in [1.165, 1.54) is 6.20 Å². The summed E-state index contributed by atoms with van der Waals surface area (Å²) in [5.74, 6) is 0.436. The van der Waals surface area contributed by atoms with E-state index in [4.69, 9.17) is 0 Å². The summed E-state index contributed by atoms with van der Waals surface area (Å²) in [7, 11) is 0. The molecule has 0 saturated carbocycles. The van der Waals surface area contributed by atoms with Crippen LogP contribution in [0.3, 0.4) is 0 Å². The summed E-state index contributed by atoms with van der Waals surface area (Å²) in [5.41, 5.74) is 2.92. The molecule has 2 aromatic rings. The molecule has 20 heavy (non-hydrogen) atoms. The van der Waals surface area contributed by atoms with Gasteiger partial charge in [0, 0.05) is 6.20 Å². The molecule has 6 nitrogen and oxygen atoms in total. The van der Waals surface area contributed by atoms with Gasteiger partial charge in [-0.25, -0.2) is 10.0 Å². The summed E-state index contributed by atoms with van der Waals surface area (Å²) in [4.78, 5) is 7.37. The Kier molecular flexibility index (Phi) is 3.14. The predicted molar refractivity (Wildman–Crippen MR) is 75.2 cm³/mol. The van der Waals surface area contributed by atoms with Gasteiger partial charge >= 0.3 is 0 Å². The third-order valence-electron chi connectivity index (χ3n) is 2.88. The van der Waals surface area contributed by atoms with Crippen molar-refractivity contribution in [3.05, 3.63) is 60.1 Å². The number of nitrogens with zero attached hydrogens (tertiary/aromatic N) is 4. The number of hydroxylamine groups is 2. The first kappa shape index (κ1) is 12.3. The van der Waals surface area contributed by atoms with E-state index < -0.39 is 0 Å². The smallest absolute Gasteiger partial charge is 0.247 e. The maximum Gasteiger partial charge on any atom is 0.247 e. The monoisotopic (exact) mass is 267 g/mol. The number of H-pyrrole nitrogens is 1. The van der Waals surface area contributed by atoms with Gasteiger partial charge in [0.1, 0.15) is 0 Å². The van der Waals surface area contributed by atoms with E-state index in [1.807, 2.05) is 30.3 Å². The predicted octanol–water partition coefficient (Wildman–Crippen LogP) is 3.65. The van der Waals surface area contributed by atoms with Crippen LogP contribution in [-0.4, -0.2) is 20.2 Å². The maximum absolute atomic E-state index is 9.66. The number of rotatable bonds is 2. The van der Waals surface area contributed by atoms with Crippen LogP contribution < -0.4 is 0 Å². The highest BCUT2D eigenvalue weighted by molar-refractivity contribution is 5.76. The van der Waals surface area contributed by atoms with Crippen molar-refractivity contribution >= 4 is 17.0 Å². The Hall–Kier alpha value is -2.73. The fraction of sp³-hybridized carbons (Fsp3) is 0.0714. The molecule has 2 heterocycles. The number of benzene rings is 1. The molecule has 1 aliphatic heterocycles. The Labute approximate surface area is 115 Å². The SMILES string of the molecule is C/C(N=Nc1nc2ccccc2[nH]1)=C1/C=CC=CN1O. The molecule has 1 aromatic carbocycles. The van der Waals surface area contributed by atoms with Gasteiger partial charge in [-0.1, -0.05) is 18.2 Å². The molecule has 0 saturated heterocycles. The van der Waals surface area contributed by atoms with E-state index >= 15 is 0 Å². The lowest BCUT2D eigenvalue weighted by atomic mass is 10.2. The average molecular weight is 267 g/mol. The minimum Gasteiger partial charge on any atom is -0.321 e. The number of fused-ring (bicyclic) bond motifs is 1. The zero-order valence-corrected chi connectivity index (χ0v) is 10.9. The minimum absolute atomic E-state index is 0.436. The number of azo groups is 1. The van der Waals surface area contributed by atoms with E-state index in [-0.39, 0.29) is 0 Å². The third-order valence-corrected chi connectivity index (χ3v) is 2.88. The molecule has 6 heteroatoms. The molecule has 0 spiro atoms. The van der Waals surface area contributed by atoms with Crippen LogP contribution in [-0.2, 0) is 0 Å². The summed E-state index contributed by atoms with van der Waals surface area (Å²) >= 11 is 0.